The van der Waals surface area contributed by atoms with Crippen LogP contribution in [-0.2, 0) is 4.79 Å². The molecule has 27 heavy (non-hydrogen) atoms. The van der Waals surface area contributed by atoms with Gasteiger partial charge in [-0.2, -0.15) is 0 Å². The number of thioether (sulfide) groups is 1. The van der Waals surface area contributed by atoms with Gasteiger partial charge in [0, 0.05) is 17.1 Å². The zero-order chi connectivity index (χ0) is 19.2. The van der Waals surface area contributed by atoms with E-state index in [1.807, 2.05) is 38.1 Å². The SMILES string of the molecule is CCC(C)NC(=O)CSc1nc(Nc2ccc(F)cc2)c2ccccc2n1. The highest BCUT2D eigenvalue weighted by Crippen LogP contribution is 2.27. The van der Waals surface area contributed by atoms with Gasteiger partial charge >= 0.3 is 0 Å². The highest BCUT2D eigenvalue weighted by molar-refractivity contribution is 7.99. The van der Waals surface area contributed by atoms with E-state index in [4.69, 9.17) is 0 Å². The average molecular weight is 384 g/mol. The van der Waals surface area contributed by atoms with Gasteiger partial charge in [0.2, 0.25) is 5.91 Å². The fraction of sp³-hybridized carbons (Fsp3) is 0.250. The van der Waals surface area contributed by atoms with Crippen molar-refractivity contribution in [1.82, 2.24) is 15.3 Å². The second kappa shape index (κ2) is 8.81. The normalized spacial score (nSPS) is 12.0. The molecule has 1 atom stereocenters. The number of aromatic nitrogens is 2. The highest BCUT2D eigenvalue weighted by Gasteiger charge is 2.11. The lowest BCUT2D eigenvalue weighted by atomic mass is 10.2. The number of nitrogens with zero attached hydrogens (tertiary/aromatic N) is 2. The summed E-state index contributed by atoms with van der Waals surface area (Å²) >= 11 is 1.29. The number of anilines is 2. The van der Waals surface area contributed by atoms with Crippen LogP contribution in [0.3, 0.4) is 0 Å². The summed E-state index contributed by atoms with van der Waals surface area (Å²) in [6, 6.07) is 13.9. The van der Waals surface area contributed by atoms with E-state index < -0.39 is 0 Å². The number of hydrogen-bond acceptors (Lipinski definition) is 5. The first kappa shape index (κ1) is 19.1. The fourth-order valence-electron chi connectivity index (χ4n) is 2.43. The molecule has 140 valence electrons. The topological polar surface area (TPSA) is 66.9 Å². The van der Waals surface area contributed by atoms with E-state index in [1.54, 1.807) is 12.1 Å². The van der Waals surface area contributed by atoms with Gasteiger partial charge in [-0.05, 0) is 49.7 Å². The van der Waals surface area contributed by atoms with Gasteiger partial charge in [-0.3, -0.25) is 4.79 Å². The predicted molar refractivity (Wildman–Crippen MR) is 108 cm³/mol. The summed E-state index contributed by atoms with van der Waals surface area (Å²) < 4.78 is 13.1. The fourth-order valence-corrected chi connectivity index (χ4v) is 3.10. The van der Waals surface area contributed by atoms with Crippen molar-refractivity contribution in [3.63, 3.8) is 0 Å². The molecule has 0 spiro atoms. The molecule has 7 heteroatoms. The van der Waals surface area contributed by atoms with Crippen LogP contribution in [-0.4, -0.2) is 27.7 Å². The molecule has 1 aromatic heterocycles. The van der Waals surface area contributed by atoms with E-state index in [0.717, 1.165) is 23.0 Å². The van der Waals surface area contributed by atoms with Crippen LogP contribution in [0.2, 0.25) is 0 Å². The minimum Gasteiger partial charge on any atom is -0.353 e. The van der Waals surface area contributed by atoms with E-state index in [-0.39, 0.29) is 23.5 Å². The molecule has 2 aromatic carbocycles. The molecular weight excluding hydrogens is 363 g/mol. The Hall–Kier alpha value is -2.67. The third-order valence-corrected chi connectivity index (χ3v) is 4.89. The number of carbonyl (C=O) groups excluding carboxylic acids is 1. The van der Waals surface area contributed by atoms with Crippen LogP contribution in [0.15, 0.2) is 53.7 Å². The lowest BCUT2D eigenvalue weighted by Gasteiger charge is -2.12. The zero-order valence-corrected chi connectivity index (χ0v) is 16.0. The molecule has 1 heterocycles. The first-order chi connectivity index (χ1) is 13.0. The van der Waals surface area contributed by atoms with E-state index in [9.17, 15) is 9.18 Å². The van der Waals surface area contributed by atoms with Crippen LogP contribution in [0.25, 0.3) is 10.9 Å². The Morgan fingerprint density at radius 3 is 2.63 bits per heavy atom. The lowest BCUT2D eigenvalue weighted by molar-refractivity contribution is -0.119. The molecule has 3 aromatic rings. The Bertz CT molecular complexity index is 933. The molecule has 0 saturated carbocycles. The summed E-state index contributed by atoms with van der Waals surface area (Å²) in [5.41, 5.74) is 1.51. The second-order valence-electron chi connectivity index (χ2n) is 6.17. The van der Waals surface area contributed by atoms with Crippen LogP contribution >= 0.6 is 11.8 Å². The number of halogens is 1. The van der Waals surface area contributed by atoms with E-state index in [1.165, 1.54) is 23.9 Å². The molecule has 5 nitrogen and oxygen atoms in total. The smallest absolute Gasteiger partial charge is 0.230 e. The maximum absolute atomic E-state index is 13.1. The molecule has 0 aliphatic heterocycles. The number of amides is 1. The molecule has 2 N–H and O–H groups in total. The van der Waals surface area contributed by atoms with Gasteiger partial charge in [0.15, 0.2) is 5.16 Å². The number of rotatable bonds is 7. The number of fused-ring (bicyclic) bond motifs is 1. The van der Waals surface area contributed by atoms with Crippen molar-refractivity contribution in [2.75, 3.05) is 11.1 Å². The van der Waals surface area contributed by atoms with Gasteiger partial charge in [0.25, 0.3) is 0 Å². The third kappa shape index (κ3) is 5.17. The minimum atomic E-state index is -0.295. The largest absolute Gasteiger partial charge is 0.353 e. The monoisotopic (exact) mass is 384 g/mol. The van der Waals surface area contributed by atoms with E-state index >= 15 is 0 Å². The highest BCUT2D eigenvalue weighted by atomic mass is 32.2. The summed E-state index contributed by atoms with van der Waals surface area (Å²) in [4.78, 5) is 21.1. The number of hydrogen-bond donors (Lipinski definition) is 2. The van der Waals surface area contributed by atoms with E-state index in [2.05, 4.69) is 20.6 Å². The first-order valence-corrected chi connectivity index (χ1v) is 9.75. The van der Waals surface area contributed by atoms with Crippen molar-refractivity contribution in [1.29, 1.82) is 0 Å². The second-order valence-corrected chi connectivity index (χ2v) is 7.11. The molecule has 0 aliphatic carbocycles. The maximum Gasteiger partial charge on any atom is 0.230 e. The summed E-state index contributed by atoms with van der Waals surface area (Å²) in [5.74, 6) is 0.534. The first-order valence-electron chi connectivity index (χ1n) is 8.76. The number of para-hydroxylation sites is 1. The predicted octanol–water partition coefficient (Wildman–Crippen LogP) is 4.52. The van der Waals surface area contributed by atoms with Crippen molar-refractivity contribution < 1.29 is 9.18 Å². The lowest BCUT2D eigenvalue weighted by Crippen LogP contribution is -2.33. The van der Waals surface area contributed by atoms with Gasteiger partial charge in [0.1, 0.15) is 11.6 Å². The van der Waals surface area contributed by atoms with Crippen LogP contribution in [0.5, 0.6) is 0 Å². The third-order valence-electron chi connectivity index (χ3n) is 4.04. The standard InChI is InChI=1S/C20H21FN4OS/c1-3-13(2)22-18(26)12-27-20-24-17-7-5-4-6-16(17)19(25-20)23-15-10-8-14(21)9-11-15/h4-11,13H,3,12H2,1-2H3,(H,22,26)(H,23,24,25). The van der Waals surface area contributed by atoms with Crippen molar-refractivity contribution in [3.05, 3.63) is 54.3 Å². The van der Waals surface area contributed by atoms with E-state index in [0.29, 0.717) is 11.0 Å². The maximum atomic E-state index is 13.1. The van der Waals surface area contributed by atoms with Gasteiger partial charge in [0.05, 0.1) is 11.3 Å². The quantitative estimate of drug-likeness (QED) is 0.463. The van der Waals surface area contributed by atoms with Crippen molar-refractivity contribution in [2.24, 2.45) is 0 Å². The molecular formula is C20H21FN4OS. The number of nitrogens with one attached hydrogen (secondary N) is 2. The van der Waals surface area contributed by atoms with Gasteiger partial charge in [-0.1, -0.05) is 30.8 Å². The summed E-state index contributed by atoms with van der Waals surface area (Å²) in [5, 5.41) is 7.51. The van der Waals surface area contributed by atoms with Crippen molar-refractivity contribution >= 4 is 40.1 Å². The van der Waals surface area contributed by atoms with Gasteiger partial charge < -0.3 is 10.6 Å². The molecule has 1 unspecified atom stereocenters. The Morgan fingerprint density at radius 1 is 1.15 bits per heavy atom. The molecule has 1 amide bonds. The van der Waals surface area contributed by atoms with Gasteiger partial charge in [-0.15, -0.1) is 0 Å². The molecule has 0 saturated heterocycles. The Balaban J connectivity index is 1.82. The van der Waals surface area contributed by atoms with Crippen LogP contribution in [0.4, 0.5) is 15.9 Å². The number of benzene rings is 2. The van der Waals surface area contributed by atoms with Crippen LogP contribution in [0, 0.1) is 5.82 Å². The van der Waals surface area contributed by atoms with Crippen molar-refractivity contribution in [2.45, 2.75) is 31.5 Å². The number of carbonyl (C=O) groups is 1. The zero-order valence-electron chi connectivity index (χ0n) is 15.2. The molecule has 0 bridgehead atoms. The van der Waals surface area contributed by atoms with Crippen molar-refractivity contribution in [3.8, 4) is 0 Å². The van der Waals surface area contributed by atoms with Crippen LogP contribution in [0.1, 0.15) is 20.3 Å². The van der Waals surface area contributed by atoms with Gasteiger partial charge in [-0.25, -0.2) is 14.4 Å². The Kier molecular flexibility index (Phi) is 6.24. The molecule has 0 aliphatic rings. The summed E-state index contributed by atoms with van der Waals surface area (Å²) in [7, 11) is 0. The van der Waals surface area contributed by atoms with Crippen LogP contribution < -0.4 is 10.6 Å². The molecule has 3 rings (SSSR count). The summed E-state index contributed by atoms with van der Waals surface area (Å²) in [6.45, 7) is 4.00. The molecule has 0 radical (unpaired) electrons. The Morgan fingerprint density at radius 2 is 1.89 bits per heavy atom. The summed E-state index contributed by atoms with van der Waals surface area (Å²) in [6.07, 6.45) is 0.884. The average Bonchev–Trinajstić information content (AvgIpc) is 2.68. The minimum absolute atomic E-state index is 0.0425. The Labute approximate surface area is 161 Å². The molecule has 0 fully saturated rings.